The summed E-state index contributed by atoms with van der Waals surface area (Å²) in [6, 6.07) is 4.90. The lowest BCUT2D eigenvalue weighted by atomic mass is 10.0. The molecule has 1 N–H and O–H groups in total. The van der Waals surface area contributed by atoms with Crippen molar-refractivity contribution >= 4 is 17.4 Å². The molecule has 126 valence electrons. The number of amides is 1. The molecule has 0 aliphatic rings. The third-order valence-electron chi connectivity index (χ3n) is 3.61. The Balaban J connectivity index is 2.55. The number of anilines is 1. The maximum atomic E-state index is 12.3. The van der Waals surface area contributed by atoms with Crippen molar-refractivity contribution in [1.82, 2.24) is 9.55 Å². The van der Waals surface area contributed by atoms with Crippen LogP contribution in [0.5, 0.6) is 0 Å². The summed E-state index contributed by atoms with van der Waals surface area (Å²) < 4.78 is 1.58. The van der Waals surface area contributed by atoms with Crippen LogP contribution < -0.4 is 10.9 Å². The van der Waals surface area contributed by atoms with Crippen LogP contribution in [-0.4, -0.2) is 21.2 Å². The minimum atomic E-state index is -0.273. The molecular weight excluding hydrogens is 306 g/mol. The SMILES string of the molecule is CCn1cc(-c2cnc(C(=O)C(C)C)c(NC(C)=O)c2)ccc1=O. The third kappa shape index (κ3) is 3.76. The van der Waals surface area contributed by atoms with Crippen LogP contribution in [0.4, 0.5) is 5.69 Å². The van der Waals surface area contributed by atoms with E-state index in [1.165, 1.54) is 13.0 Å². The second-order valence-electron chi connectivity index (χ2n) is 5.86. The van der Waals surface area contributed by atoms with Crippen molar-refractivity contribution in [3.63, 3.8) is 0 Å². The molecule has 24 heavy (non-hydrogen) atoms. The first-order chi connectivity index (χ1) is 11.3. The Morgan fingerprint density at radius 3 is 2.54 bits per heavy atom. The van der Waals surface area contributed by atoms with Crippen molar-refractivity contribution in [3.8, 4) is 11.1 Å². The molecule has 6 nitrogen and oxygen atoms in total. The fourth-order valence-corrected chi connectivity index (χ4v) is 2.33. The molecule has 0 fully saturated rings. The first-order valence-electron chi connectivity index (χ1n) is 7.86. The number of ketones is 1. The molecule has 0 radical (unpaired) electrons. The maximum Gasteiger partial charge on any atom is 0.250 e. The van der Waals surface area contributed by atoms with Crippen LogP contribution in [0.1, 0.15) is 38.2 Å². The van der Waals surface area contributed by atoms with Gasteiger partial charge in [0.25, 0.3) is 5.56 Å². The molecule has 0 atom stereocenters. The van der Waals surface area contributed by atoms with Crippen LogP contribution >= 0.6 is 0 Å². The van der Waals surface area contributed by atoms with Crippen LogP contribution in [-0.2, 0) is 11.3 Å². The van der Waals surface area contributed by atoms with Gasteiger partial charge in [0.05, 0.1) is 5.69 Å². The van der Waals surface area contributed by atoms with Crippen LogP contribution in [0.15, 0.2) is 35.4 Å². The average molecular weight is 327 g/mol. The van der Waals surface area contributed by atoms with Crippen molar-refractivity contribution in [1.29, 1.82) is 0 Å². The zero-order valence-electron chi connectivity index (χ0n) is 14.3. The van der Waals surface area contributed by atoms with Crippen molar-refractivity contribution in [2.75, 3.05) is 5.32 Å². The Labute approximate surface area is 140 Å². The van der Waals surface area contributed by atoms with Gasteiger partial charge in [-0.15, -0.1) is 0 Å². The van der Waals surface area contributed by atoms with Crippen LogP contribution in [0.3, 0.4) is 0 Å². The lowest BCUT2D eigenvalue weighted by Gasteiger charge is -2.13. The van der Waals surface area contributed by atoms with Gasteiger partial charge in [0.2, 0.25) is 5.91 Å². The van der Waals surface area contributed by atoms with Crippen molar-refractivity contribution in [2.24, 2.45) is 5.92 Å². The number of nitrogens with one attached hydrogen (secondary N) is 1. The van der Waals surface area contributed by atoms with Gasteiger partial charge in [0, 0.05) is 43.4 Å². The first kappa shape index (κ1) is 17.6. The summed E-state index contributed by atoms with van der Waals surface area (Å²) in [4.78, 5) is 39.7. The first-order valence-corrected chi connectivity index (χ1v) is 7.86. The number of Topliss-reactive ketones (excluding diaryl/α,β-unsaturated/α-hetero) is 1. The van der Waals surface area contributed by atoms with Gasteiger partial charge in [-0.1, -0.05) is 13.8 Å². The molecular formula is C18H21N3O3. The van der Waals surface area contributed by atoms with Gasteiger partial charge in [0.1, 0.15) is 5.69 Å². The summed E-state index contributed by atoms with van der Waals surface area (Å²) >= 11 is 0. The fraction of sp³-hybridized carbons (Fsp3) is 0.333. The maximum absolute atomic E-state index is 12.3. The minimum absolute atomic E-state index is 0.0806. The molecule has 0 unspecified atom stereocenters. The third-order valence-corrected chi connectivity index (χ3v) is 3.61. The summed E-state index contributed by atoms with van der Waals surface area (Å²) in [5.74, 6) is -0.632. The zero-order valence-corrected chi connectivity index (χ0v) is 14.3. The van der Waals surface area contributed by atoms with E-state index in [9.17, 15) is 14.4 Å². The predicted molar refractivity (Wildman–Crippen MR) is 93.1 cm³/mol. The Kier molecular flexibility index (Phi) is 5.28. The number of hydrogen-bond acceptors (Lipinski definition) is 4. The average Bonchev–Trinajstić information content (AvgIpc) is 2.54. The number of carbonyl (C=O) groups is 2. The Hall–Kier alpha value is -2.76. The van der Waals surface area contributed by atoms with Gasteiger partial charge in [0.15, 0.2) is 5.78 Å². The molecule has 0 aliphatic heterocycles. The second-order valence-corrected chi connectivity index (χ2v) is 5.86. The summed E-state index contributed by atoms with van der Waals surface area (Å²) in [7, 11) is 0. The smallest absolute Gasteiger partial charge is 0.250 e. The predicted octanol–water partition coefficient (Wildman–Crippen LogP) is 2.73. The highest BCUT2D eigenvalue weighted by Gasteiger charge is 2.18. The number of nitrogens with zero attached hydrogens (tertiary/aromatic N) is 2. The van der Waals surface area contributed by atoms with E-state index >= 15 is 0 Å². The van der Waals surface area contributed by atoms with E-state index in [1.807, 2.05) is 6.92 Å². The van der Waals surface area contributed by atoms with Crippen molar-refractivity contribution in [2.45, 2.75) is 34.2 Å². The van der Waals surface area contributed by atoms with Crippen LogP contribution in [0.25, 0.3) is 11.1 Å². The monoisotopic (exact) mass is 327 g/mol. The molecule has 0 aliphatic carbocycles. The highest BCUT2D eigenvalue weighted by molar-refractivity contribution is 6.04. The van der Waals surface area contributed by atoms with Crippen LogP contribution in [0, 0.1) is 5.92 Å². The van der Waals surface area contributed by atoms with E-state index in [0.29, 0.717) is 12.2 Å². The van der Waals surface area contributed by atoms with Gasteiger partial charge in [-0.2, -0.15) is 0 Å². The van der Waals surface area contributed by atoms with E-state index in [4.69, 9.17) is 0 Å². The van der Waals surface area contributed by atoms with E-state index in [0.717, 1.165) is 11.1 Å². The molecule has 0 saturated carbocycles. The van der Waals surface area contributed by atoms with Gasteiger partial charge in [-0.3, -0.25) is 19.4 Å². The number of hydrogen-bond donors (Lipinski definition) is 1. The molecule has 2 aromatic rings. The molecule has 2 aromatic heterocycles. The molecule has 1 amide bonds. The highest BCUT2D eigenvalue weighted by Crippen LogP contribution is 2.25. The molecule has 0 saturated heterocycles. The minimum Gasteiger partial charge on any atom is -0.324 e. The normalized spacial score (nSPS) is 10.7. The Bertz CT molecular complexity index is 838. The fourth-order valence-electron chi connectivity index (χ4n) is 2.33. The summed E-state index contributed by atoms with van der Waals surface area (Å²) in [6.45, 7) is 7.39. The Morgan fingerprint density at radius 2 is 1.96 bits per heavy atom. The second kappa shape index (κ2) is 7.21. The zero-order chi connectivity index (χ0) is 17.9. The largest absolute Gasteiger partial charge is 0.324 e. The number of carbonyl (C=O) groups excluding carboxylic acids is 2. The quantitative estimate of drug-likeness (QED) is 0.856. The number of aromatic nitrogens is 2. The molecule has 2 rings (SSSR count). The van der Waals surface area contributed by atoms with Gasteiger partial charge in [-0.25, -0.2) is 0 Å². The highest BCUT2D eigenvalue weighted by atomic mass is 16.1. The molecule has 0 bridgehead atoms. The topological polar surface area (TPSA) is 81.1 Å². The molecule has 2 heterocycles. The van der Waals surface area contributed by atoms with Crippen molar-refractivity contribution < 1.29 is 9.59 Å². The lowest BCUT2D eigenvalue weighted by Crippen LogP contribution is -2.17. The van der Waals surface area contributed by atoms with Crippen molar-refractivity contribution in [3.05, 3.63) is 46.6 Å². The van der Waals surface area contributed by atoms with E-state index < -0.39 is 0 Å². The number of aryl methyl sites for hydroxylation is 1. The summed E-state index contributed by atoms with van der Waals surface area (Å²) in [5, 5.41) is 2.67. The van der Waals surface area contributed by atoms with Gasteiger partial charge in [-0.05, 0) is 24.6 Å². The van der Waals surface area contributed by atoms with E-state index in [1.54, 1.807) is 42.9 Å². The molecule has 6 heteroatoms. The number of rotatable bonds is 5. The van der Waals surface area contributed by atoms with Gasteiger partial charge < -0.3 is 9.88 Å². The Morgan fingerprint density at radius 1 is 1.25 bits per heavy atom. The van der Waals surface area contributed by atoms with E-state index in [-0.39, 0.29) is 28.9 Å². The molecule has 0 spiro atoms. The number of pyridine rings is 2. The van der Waals surface area contributed by atoms with Crippen LogP contribution in [0.2, 0.25) is 0 Å². The lowest BCUT2D eigenvalue weighted by molar-refractivity contribution is -0.114. The molecule has 0 aromatic carbocycles. The van der Waals surface area contributed by atoms with Gasteiger partial charge >= 0.3 is 0 Å². The van der Waals surface area contributed by atoms with E-state index in [2.05, 4.69) is 10.3 Å². The summed E-state index contributed by atoms with van der Waals surface area (Å²) in [5.41, 5.74) is 2.06. The standard InChI is InChI=1S/C18H21N3O3/c1-5-21-10-13(6-7-16(21)23)14-8-15(20-12(4)22)17(19-9-14)18(24)11(2)3/h6-11H,5H2,1-4H3,(H,20,22). The summed E-state index contributed by atoms with van der Waals surface area (Å²) in [6.07, 6.45) is 3.32.